The normalized spacial score (nSPS) is 16.9. The number of hydrogen-bond acceptors (Lipinski definition) is 3. The highest BCUT2D eigenvalue weighted by Gasteiger charge is 2.22. The third-order valence-corrected chi connectivity index (χ3v) is 3.63. The number of aromatic nitrogens is 2. The van der Waals surface area contributed by atoms with E-state index in [9.17, 15) is 4.79 Å². The topological polar surface area (TPSA) is 41.4 Å². The van der Waals surface area contributed by atoms with E-state index >= 15 is 0 Å². The molecular formula is C15H24N4O. The van der Waals surface area contributed by atoms with E-state index < -0.39 is 0 Å². The fourth-order valence-electron chi connectivity index (χ4n) is 2.61. The Morgan fingerprint density at radius 1 is 1.40 bits per heavy atom. The van der Waals surface area contributed by atoms with E-state index in [-0.39, 0.29) is 5.91 Å². The summed E-state index contributed by atoms with van der Waals surface area (Å²) in [6, 6.07) is 1.82. The molecule has 110 valence electrons. The Balaban J connectivity index is 2.01. The first-order valence-electron chi connectivity index (χ1n) is 7.40. The van der Waals surface area contributed by atoms with Gasteiger partial charge in [0.15, 0.2) is 0 Å². The summed E-state index contributed by atoms with van der Waals surface area (Å²) < 4.78 is 1.81. The minimum absolute atomic E-state index is 0.108. The zero-order chi connectivity index (χ0) is 14.4. The molecular weight excluding hydrogens is 252 g/mol. The molecule has 0 aromatic carbocycles. The maximum Gasteiger partial charge on any atom is 0.272 e. The molecule has 5 heteroatoms. The zero-order valence-electron chi connectivity index (χ0n) is 12.3. The molecule has 2 heterocycles. The lowest BCUT2D eigenvalue weighted by molar-refractivity contribution is 0.0749. The molecule has 0 unspecified atom stereocenters. The van der Waals surface area contributed by atoms with Gasteiger partial charge in [0, 0.05) is 45.5 Å². The first kappa shape index (κ1) is 14.8. The summed E-state index contributed by atoms with van der Waals surface area (Å²) in [5, 5.41) is 4.24. The highest BCUT2D eigenvalue weighted by Crippen LogP contribution is 2.09. The number of carbonyl (C=O) groups is 1. The van der Waals surface area contributed by atoms with Crippen LogP contribution in [0, 0.1) is 0 Å². The minimum Gasteiger partial charge on any atom is -0.336 e. The van der Waals surface area contributed by atoms with Gasteiger partial charge in [0.2, 0.25) is 0 Å². The predicted octanol–water partition coefficient (Wildman–Crippen LogP) is 1.63. The summed E-state index contributed by atoms with van der Waals surface area (Å²) in [7, 11) is 0. The average molecular weight is 276 g/mol. The molecule has 0 atom stereocenters. The van der Waals surface area contributed by atoms with Crippen molar-refractivity contribution in [2.24, 2.45) is 0 Å². The van der Waals surface area contributed by atoms with Gasteiger partial charge in [-0.15, -0.1) is 6.58 Å². The Morgan fingerprint density at radius 3 is 3.00 bits per heavy atom. The number of nitrogens with zero attached hydrogens (tertiary/aromatic N) is 4. The van der Waals surface area contributed by atoms with E-state index in [1.54, 1.807) is 6.20 Å². The molecule has 1 aliphatic heterocycles. The molecule has 5 nitrogen and oxygen atoms in total. The van der Waals surface area contributed by atoms with Gasteiger partial charge in [0.25, 0.3) is 5.91 Å². The maximum atomic E-state index is 12.6. The van der Waals surface area contributed by atoms with Crippen LogP contribution < -0.4 is 0 Å². The third kappa shape index (κ3) is 3.48. The van der Waals surface area contributed by atoms with Crippen LogP contribution in [0.3, 0.4) is 0 Å². The van der Waals surface area contributed by atoms with Crippen molar-refractivity contribution in [3.8, 4) is 0 Å². The predicted molar refractivity (Wildman–Crippen MR) is 79.7 cm³/mol. The van der Waals surface area contributed by atoms with Crippen molar-refractivity contribution in [3.05, 3.63) is 30.6 Å². The summed E-state index contributed by atoms with van der Waals surface area (Å²) >= 11 is 0. The quantitative estimate of drug-likeness (QED) is 0.768. The number of rotatable bonds is 5. The number of hydrogen-bond donors (Lipinski definition) is 0. The second kappa shape index (κ2) is 7.24. The van der Waals surface area contributed by atoms with E-state index in [4.69, 9.17) is 0 Å². The molecule has 0 saturated carbocycles. The molecule has 2 rings (SSSR count). The van der Waals surface area contributed by atoms with Crippen LogP contribution in [-0.2, 0) is 6.54 Å². The molecule has 0 spiro atoms. The van der Waals surface area contributed by atoms with Crippen LogP contribution in [0.4, 0.5) is 0 Å². The molecule has 20 heavy (non-hydrogen) atoms. The second-order valence-corrected chi connectivity index (χ2v) is 5.17. The highest BCUT2D eigenvalue weighted by molar-refractivity contribution is 5.92. The van der Waals surface area contributed by atoms with Crippen LogP contribution in [0.25, 0.3) is 0 Å². The second-order valence-electron chi connectivity index (χ2n) is 5.17. The molecule has 1 saturated heterocycles. The molecule has 0 radical (unpaired) electrons. The Morgan fingerprint density at radius 2 is 2.25 bits per heavy atom. The van der Waals surface area contributed by atoms with Crippen molar-refractivity contribution in [2.45, 2.75) is 26.3 Å². The van der Waals surface area contributed by atoms with Crippen LogP contribution >= 0.6 is 0 Å². The highest BCUT2D eigenvalue weighted by atomic mass is 16.2. The molecule has 0 N–H and O–H groups in total. The molecule has 0 aliphatic carbocycles. The first-order chi connectivity index (χ1) is 9.76. The summed E-state index contributed by atoms with van der Waals surface area (Å²) in [4.78, 5) is 16.9. The van der Waals surface area contributed by atoms with Crippen molar-refractivity contribution < 1.29 is 4.79 Å². The Kier molecular flexibility index (Phi) is 5.35. The molecule has 1 amide bonds. The van der Waals surface area contributed by atoms with E-state index in [1.807, 2.05) is 21.7 Å². The minimum atomic E-state index is 0.108. The fraction of sp³-hybridized carbons (Fsp3) is 0.600. The number of amides is 1. The Hall–Kier alpha value is -1.62. The molecule has 1 aromatic heterocycles. The summed E-state index contributed by atoms with van der Waals surface area (Å²) in [6.07, 6.45) is 5.63. The SMILES string of the molecule is C=CCN1CCCN(C(=O)c2ccnn2CCC)CC1. The Bertz CT molecular complexity index is 454. The van der Waals surface area contributed by atoms with Gasteiger partial charge in [-0.05, 0) is 18.9 Å². The van der Waals surface area contributed by atoms with Crippen molar-refractivity contribution in [2.75, 3.05) is 32.7 Å². The van der Waals surface area contributed by atoms with Gasteiger partial charge in [0.05, 0.1) is 0 Å². The first-order valence-corrected chi connectivity index (χ1v) is 7.40. The largest absolute Gasteiger partial charge is 0.336 e. The van der Waals surface area contributed by atoms with Crippen LogP contribution in [0.1, 0.15) is 30.3 Å². The van der Waals surface area contributed by atoms with Crippen molar-refractivity contribution in [3.63, 3.8) is 0 Å². The number of carbonyl (C=O) groups excluding carboxylic acids is 1. The zero-order valence-corrected chi connectivity index (χ0v) is 12.3. The summed E-state index contributed by atoms with van der Waals surface area (Å²) in [5.74, 6) is 0.108. The van der Waals surface area contributed by atoms with Crippen molar-refractivity contribution in [1.29, 1.82) is 0 Å². The van der Waals surface area contributed by atoms with E-state index in [2.05, 4.69) is 23.5 Å². The molecule has 1 aliphatic rings. The number of aryl methyl sites for hydroxylation is 1. The van der Waals surface area contributed by atoms with Crippen molar-refractivity contribution >= 4 is 5.91 Å². The van der Waals surface area contributed by atoms with Gasteiger partial charge < -0.3 is 4.90 Å². The van der Waals surface area contributed by atoms with Gasteiger partial charge in [-0.25, -0.2) is 0 Å². The van der Waals surface area contributed by atoms with Crippen LogP contribution in [0.2, 0.25) is 0 Å². The van der Waals surface area contributed by atoms with Gasteiger partial charge in [-0.3, -0.25) is 14.4 Å². The fourth-order valence-corrected chi connectivity index (χ4v) is 2.61. The smallest absolute Gasteiger partial charge is 0.272 e. The molecule has 1 aromatic rings. The van der Waals surface area contributed by atoms with Gasteiger partial charge in [-0.1, -0.05) is 13.0 Å². The van der Waals surface area contributed by atoms with E-state index in [1.165, 1.54) is 0 Å². The average Bonchev–Trinajstić information content (AvgIpc) is 2.77. The Labute approximate surface area is 120 Å². The lowest BCUT2D eigenvalue weighted by Crippen LogP contribution is -2.36. The van der Waals surface area contributed by atoms with Crippen LogP contribution in [0.5, 0.6) is 0 Å². The van der Waals surface area contributed by atoms with E-state index in [0.717, 1.165) is 52.1 Å². The van der Waals surface area contributed by atoms with Crippen LogP contribution in [-0.4, -0.2) is 58.2 Å². The van der Waals surface area contributed by atoms with Gasteiger partial charge in [-0.2, -0.15) is 5.10 Å². The van der Waals surface area contributed by atoms with E-state index in [0.29, 0.717) is 5.69 Å². The molecule has 1 fully saturated rings. The van der Waals surface area contributed by atoms with Crippen molar-refractivity contribution in [1.82, 2.24) is 19.6 Å². The monoisotopic (exact) mass is 276 g/mol. The maximum absolute atomic E-state index is 12.6. The van der Waals surface area contributed by atoms with Gasteiger partial charge >= 0.3 is 0 Å². The van der Waals surface area contributed by atoms with Crippen LogP contribution in [0.15, 0.2) is 24.9 Å². The van der Waals surface area contributed by atoms with Gasteiger partial charge in [0.1, 0.15) is 5.69 Å². The molecule has 0 bridgehead atoms. The summed E-state index contributed by atoms with van der Waals surface area (Å²) in [5.41, 5.74) is 0.712. The lowest BCUT2D eigenvalue weighted by Gasteiger charge is -2.21. The summed E-state index contributed by atoms with van der Waals surface area (Å²) in [6.45, 7) is 11.1. The third-order valence-electron chi connectivity index (χ3n) is 3.63. The lowest BCUT2D eigenvalue weighted by atomic mass is 10.3. The standard InChI is InChI=1S/C15H24N4O/c1-3-8-17-10-5-11-18(13-12-17)15(20)14-6-7-16-19(14)9-4-2/h3,6-7H,1,4-5,8-13H2,2H3.